The number of hydrogen-bond donors (Lipinski definition) is 1. The number of amides is 1. The molecular formula is C10H13BrN2OS. The Morgan fingerprint density at radius 1 is 1.73 bits per heavy atom. The summed E-state index contributed by atoms with van der Waals surface area (Å²) in [6, 6.07) is 2.04. The standard InChI is InChI=1S/C10H13BrN2OS/c1-13-4-2-8(10(13)14)12-6-9-7(11)3-5-15-9/h3,5,8,12H,2,4,6H2,1H3. The molecule has 1 aliphatic heterocycles. The highest BCUT2D eigenvalue weighted by Crippen LogP contribution is 2.22. The van der Waals surface area contributed by atoms with Gasteiger partial charge in [-0.25, -0.2) is 0 Å². The van der Waals surface area contributed by atoms with Gasteiger partial charge < -0.3 is 10.2 Å². The van der Waals surface area contributed by atoms with Gasteiger partial charge in [-0.3, -0.25) is 4.79 Å². The fourth-order valence-electron chi connectivity index (χ4n) is 1.68. The maximum Gasteiger partial charge on any atom is 0.239 e. The molecule has 15 heavy (non-hydrogen) atoms. The van der Waals surface area contributed by atoms with Gasteiger partial charge in [0.05, 0.1) is 6.04 Å². The first-order valence-electron chi connectivity index (χ1n) is 4.88. The Kier molecular flexibility index (Phi) is 3.43. The second-order valence-corrected chi connectivity index (χ2v) is 5.53. The molecular weight excluding hydrogens is 276 g/mol. The van der Waals surface area contributed by atoms with Gasteiger partial charge in [0.15, 0.2) is 0 Å². The SMILES string of the molecule is CN1CCC(NCc2sccc2Br)C1=O. The van der Waals surface area contributed by atoms with Gasteiger partial charge in [-0.05, 0) is 33.8 Å². The topological polar surface area (TPSA) is 32.3 Å². The van der Waals surface area contributed by atoms with Crippen LogP contribution in [-0.4, -0.2) is 30.4 Å². The Morgan fingerprint density at radius 3 is 3.07 bits per heavy atom. The summed E-state index contributed by atoms with van der Waals surface area (Å²) in [5.74, 6) is 0.211. The molecule has 1 aromatic rings. The van der Waals surface area contributed by atoms with Gasteiger partial charge in [-0.1, -0.05) is 0 Å². The van der Waals surface area contributed by atoms with E-state index in [1.807, 2.05) is 18.5 Å². The van der Waals surface area contributed by atoms with Crippen LogP contribution in [0.2, 0.25) is 0 Å². The molecule has 1 amide bonds. The summed E-state index contributed by atoms with van der Waals surface area (Å²) in [5.41, 5.74) is 0. The molecule has 1 fully saturated rings. The largest absolute Gasteiger partial charge is 0.344 e. The van der Waals surface area contributed by atoms with Crippen molar-refractivity contribution in [3.05, 3.63) is 20.8 Å². The fraction of sp³-hybridized carbons (Fsp3) is 0.500. The van der Waals surface area contributed by atoms with Crippen LogP contribution in [0.5, 0.6) is 0 Å². The van der Waals surface area contributed by atoms with E-state index in [1.165, 1.54) is 4.88 Å². The van der Waals surface area contributed by atoms with E-state index >= 15 is 0 Å². The Hall–Kier alpha value is -0.390. The summed E-state index contributed by atoms with van der Waals surface area (Å²) in [6.45, 7) is 1.63. The highest BCUT2D eigenvalue weighted by Gasteiger charge is 2.28. The van der Waals surface area contributed by atoms with E-state index in [2.05, 4.69) is 21.2 Å². The molecule has 1 unspecified atom stereocenters. The summed E-state index contributed by atoms with van der Waals surface area (Å²) < 4.78 is 1.12. The van der Waals surface area contributed by atoms with Crippen LogP contribution in [0.15, 0.2) is 15.9 Å². The molecule has 0 spiro atoms. The number of thiophene rings is 1. The third-order valence-electron chi connectivity index (χ3n) is 2.63. The van der Waals surface area contributed by atoms with Crippen molar-refractivity contribution >= 4 is 33.2 Å². The number of nitrogens with zero attached hydrogens (tertiary/aromatic N) is 1. The lowest BCUT2D eigenvalue weighted by atomic mass is 10.2. The minimum Gasteiger partial charge on any atom is -0.344 e. The van der Waals surface area contributed by atoms with Crippen molar-refractivity contribution < 1.29 is 4.79 Å². The number of carbonyl (C=O) groups excluding carboxylic acids is 1. The summed E-state index contributed by atoms with van der Waals surface area (Å²) in [6.07, 6.45) is 0.915. The van der Waals surface area contributed by atoms with E-state index in [4.69, 9.17) is 0 Å². The highest BCUT2D eigenvalue weighted by molar-refractivity contribution is 9.10. The average molecular weight is 289 g/mol. The van der Waals surface area contributed by atoms with Crippen molar-refractivity contribution in [2.45, 2.75) is 19.0 Å². The minimum absolute atomic E-state index is 0.00370. The predicted molar refractivity (Wildman–Crippen MR) is 64.9 cm³/mol. The first-order valence-corrected chi connectivity index (χ1v) is 6.56. The number of rotatable bonds is 3. The van der Waals surface area contributed by atoms with E-state index in [9.17, 15) is 4.79 Å². The number of hydrogen-bond acceptors (Lipinski definition) is 3. The second kappa shape index (κ2) is 4.63. The molecule has 0 aromatic carbocycles. The third kappa shape index (κ3) is 2.41. The molecule has 2 heterocycles. The van der Waals surface area contributed by atoms with Crippen molar-refractivity contribution in [1.29, 1.82) is 0 Å². The minimum atomic E-state index is 0.00370. The Morgan fingerprint density at radius 2 is 2.53 bits per heavy atom. The van der Waals surface area contributed by atoms with E-state index in [0.29, 0.717) is 0 Å². The van der Waals surface area contributed by atoms with Crippen LogP contribution in [0.4, 0.5) is 0 Å². The lowest BCUT2D eigenvalue weighted by Crippen LogP contribution is -2.36. The summed E-state index contributed by atoms with van der Waals surface area (Å²) in [7, 11) is 1.85. The predicted octanol–water partition coefficient (Wildman–Crippen LogP) is 1.83. The number of carbonyl (C=O) groups is 1. The van der Waals surface area contributed by atoms with Gasteiger partial charge in [0.25, 0.3) is 0 Å². The lowest BCUT2D eigenvalue weighted by molar-refractivity contribution is -0.128. The maximum atomic E-state index is 11.6. The van der Waals surface area contributed by atoms with Crippen LogP contribution in [-0.2, 0) is 11.3 Å². The van der Waals surface area contributed by atoms with Crippen molar-refractivity contribution in [2.24, 2.45) is 0 Å². The van der Waals surface area contributed by atoms with Crippen LogP contribution < -0.4 is 5.32 Å². The zero-order chi connectivity index (χ0) is 10.8. The summed E-state index contributed by atoms with van der Waals surface area (Å²) in [5, 5.41) is 5.34. The summed E-state index contributed by atoms with van der Waals surface area (Å²) in [4.78, 5) is 14.6. The first-order chi connectivity index (χ1) is 7.18. The van der Waals surface area contributed by atoms with Crippen molar-refractivity contribution in [2.75, 3.05) is 13.6 Å². The Balaban J connectivity index is 1.89. The van der Waals surface area contributed by atoms with Gasteiger partial charge in [0.1, 0.15) is 0 Å². The monoisotopic (exact) mass is 288 g/mol. The van der Waals surface area contributed by atoms with E-state index < -0.39 is 0 Å². The molecule has 5 heteroatoms. The molecule has 0 radical (unpaired) electrons. The van der Waals surface area contributed by atoms with E-state index in [1.54, 1.807) is 16.2 Å². The first kappa shape index (κ1) is 11.1. The van der Waals surface area contributed by atoms with Crippen LogP contribution in [0.1, 0.15) is 11.3 Å². The summed E-state index contributed by atoms with van der Waals surface area (Å²) >= 11 is 5.18. The molecule has 0 aliphatic carbocycles. The number of halogens is 1. The zero-order valence-electron chi connectivity index (χ0n) is 8.50. The van der Waals surface area contributed by atoms with E-state index in [-0.39, 0.29) is 11.9 Å². The van der Waals surface area contributed by atoms with Crippen LogP contribution in [0, 0.1) is 0 Å². The number of nitrogens with one attached hydrogen (secondary N) is 1. The smallest absolute Gasteiger partial charge is 0.239 e. The van der Waals surface area contributed by atoms with Crippen molar-refractivity contribution in [1.82, 2.24) is 10.2 Å². The Labute approximate surface area is 102 Å². The molecule has 1 saturated heterocycles. The lowest BCUT2D eigenvalue weighted by Gasteiger charge is -2.11. The molecule has 2 rings (SSSR count). The van der Waals surface area contributed by atoms with Gasteiger partial charge in [-0.15, -0.1) is 11.3 Å². The van der Waals surface area contributed by atoms with E-state index in [0.717, 1.165) is 24.0 Å². The number of likely N-dealkylation sites (tertiary alicyclic amines) is 1. The molecule has 0 bridgehead atoms. The molecule has 3 nitrogen and oxygen atoms in total. The third-order valence-corrected chi connectivity index (χ3v) is 4.55. The maximum absolute atomic E-state index is 11.6. The molecule has 1 aliphatic rings. The molecule has 1 aromatic heterocycles. The van der Waals surface area contributed by atoms with Gasteiger partial charge >= 0.3 is 0 Å². The van der Waals surface area contributed by atoms with Gasteiger partial charge in [-0.2, -0.15) is 0 Å². The van der Waals surface area contributed by atoms with Crippen molar-refractivity contribution in [3.63, 3.8) is 0 Å². The van der Waals surface area contributed by atoms with Crippen LogP contribution >= 0.6 is 27.3 Å². The van der Waals surface area contributed by atoms with Crippen molar-refractivity contribution in [3.8, 4) is 0 Å². The number of likely N-dealkylation sites (N-methyl/N-ethyl adjacent to an activating group) is 1. The second-order valence-electron chi connectivity index (χ2n) is 3.67. The van der Waals surface area contributed by atoms with Gasteiger partial charge in [0.2, 0.25) is 5.91 Å². The fourth-order valence-corrected chi connectivity index (χ4v) is 3.12. The molecule has 82 valence electrons. The Bertz CT molecular complexity index is 366. The zero-order valence-corrected chi connectivity index (χ0v) is 10.9. The highest BCUT2D eigenvalue weighted by atomic mass is 79.9. The molecule has 0 saturated carbocycles. The molecule has 1 N–H and O–H groups in total. The molecule has 1 atom stereocenters. The van der Waals surface area contributed by atoms with Crippen LogP contribution in [0.25, 0.3) is 0 Å². The normalized spacial score (nSPS) is 21.3. The quantitative estimate of drug-likeness (QED) is 0.920. The van der Waals surface area contributed by atoms with Crippen LogP contribution in [0.3, 0.4) is 0 Å². The van der Waals surface area contributed by atoms with Gasteiger partial charge in [0, 0.05) is 29.5 Å². The average Bonchev–Trinajstić information content (AvgIpc) is 2.74.